The number of aromatic carboxylic acids is 1. The van der Waals surface area contributed by atoms with Gasteiger partial charge in [0.25, 0.3) is 0 Å². The highest BCUT2D eigenvalue weighted by atomic mass is 35.5. The number of carboxylic acids is 1. The molecule has 1 aliphatic heterocycles. The van der Waals surface area contributed by atoms with Crippen molar-refractivity contribution in [2.24, 2.45) is 5.92 Å². The lowest BCUT2D eigenvalue weighted by molar-refractivity contribution is -0.131. The largest absolute Gasteiger partial charge is 0.478 e. The Balaban J connectivity index is 1.50. The van der Waals surface area contributed by atoms with E-state index in [2.05, 4.69) is 27.1 Å². The van der Waals surface area contributed by atoms with Crippen LogP contribution in [0, 0.1) is 5.92 Å². The lowest BCUT2D eigenvalue weighted by Crippen LogP contribution is -2.43. The van der Waals surface area contributed by atoms with Crippen LogP contribution in [0.5, 0.6) is 0 Å². The van der Waals surface area contributed by atoms with Gasteiger partial charge in [0.15, 0.2) is 0 Å². The van der Waals surface area contributed by atoms with Gasteiger partial charge in [0, 0.05) is 40.9 Å². The molecule has 0 unspecified atom stereocenters. The zero-order valence-corrected chi connectivity index (χ0v) is 23.1. The lowest BCUT2D eigenvalue weighted by atomic mass is 9.83. The third kappa shape index (κ3) is 6.02. The summed E-state index contributed by atoms with van der Waals surface area (Å²) in [4.78, 5) is 35.2. The molecule has 0 saturated carbocycles. The van der Waals surface area contributed by atoms with E-state index in [0.717, 1.165) is 18.4 Å². The summed E-state index contributed by atoms with van der Waals surface area (Å²) in [5, 5.41) is 21.3. The maximum Gasteiger partial charge on any atom is 0.335 e. The van der Waals surface area contributed by atoms with E-state index >= 15 is 0 Å². The van der Waals surface area contributed by atoms with Crippen LogP contribution in [0.25, 0.3) is 23.0 Å². The maximum absolute atomic E-state index is 13.8. The number of halogens is 1. The van der Waals surface area contributed by atoms with E-state index in [1.807, 2.05) is 24.0 Å². The number of allylic oxidation sites excluding steroid dienone is 2. The number of benzene rings is 2. The van der Waals surface area contributed by atoms with Gasteiger partial charge in [-0.25, -0.2) is 9.78 Å². The summed E-state index contributed by atoms with van der Waals surface area (Å²) in [7, 11) is 0. The van der Waals surface area contributed by atoms with Crippen molar-refractivity contribution in [3.63, 3.8) is 0 Å². The summed E-state index contributed by atoms with van der Waals surface area (Å²) >= 11 is 6.26. The molecule has 2 aromatic carbocycles. The molecule has 2 N–H and O–H groups in total. The van der Waals surface area contributed by atoms with Crippen LogP contribution in [-0.4, -0.2) is 58.6 Å². The number of carbonyl (C=O) groups excluding carboxylic acids is 1. The number of nitrogens with zero attached hydrogens (tertiary/aromatic N) is 6. The van der Waals surface area contributed by atoms with E-state index < -0.39 is 5.97 Å². The normalized spacial score (nSPS) is 17.6. The fraction of sp³-hybridized carbons (Fsp3) is 0.200. The summed E-state index contributed by atoms with van der Waals surface area (Å²) in [6, 6.07) is 11.5. The highest BCUT2D eigenvalue weighted by Crippen LogP contribution is 2.40. The lowest BCUT2D eigenvalue weighted by Gasteiger charge is -2.40. The van der Waals surface area contributed by atoms with Gasteiger partial charge in [-0.05, 0) is 66.6 Å². The Morgan fingerprint density at radius 2 is 2.07 bits per heavy atom. The Labute approximate surface area is 241 Å². The monoisotopic (exact) mass is 569 g/mol. The van der Waals surface area contributed by atoms with Crippen molar-refractivity contribution in [2.75, 3.05) is 6.54 Å². The number of hydrogen-bond donors (Lipinski definition) is 2. The number of H-pyrrole nitrogens is 1. The van der Waals surface area contributed by atoms with Gasteiger partial charge in [0.2, 0.25) is 5.91 Å². The van der Waals surface area contributed by atoms with Crippen molar-refractivity contribution in [3.8, 4) is 16.9 Å². The number of imidazole rings is 1. The number of carboxylic acid groups (broad SMARTS) is 1. The van der Waals surface area contributed by atoms with Crippen molar-refractivity contribution in [3.05, 3.63) is 107 Å². The number of hydrogen-bond acceptors (Lipinski definition) is 6. The Kier molecular flexibility index (Phi) is 8.21. The Bertz CT molecular complexity index is 1640. The summed E-state index contributed by atoms with van der Waals surface area (Å²) < 4.78 is 1.51. The van der Waals surface area contributed by atoms with Crippen LogP contribution in [0.4, 0.5) is 0 Å². The molecule has 11 heteroatoms. The third-order valence-electron chi connectivity index (χ3n) is 7.15. The van der Waals surface area contributed by atoms with E-state index in [4.69, 9.17) is 16.6 Å². The van der Waals surface area contributed by atoms with E-state index in [-0.39, 0.29) is 23.4 Å². The highest BCUT2D eigenvalue weighted by molar-refractivity contribution is 6.30. The second kappa shape index (κ2) is 12.1. The number of nitrogens with one attached hydrogen (secondary N) is 1. The summed E-state index contributed by atoms with van der Waals surface area (Å²) in [6.07, 6.45) is 11.9. The molecular formula is C30H28ClN7O3. The number of tetrazole rings is 1. The SMILES string of the molecule is C=C/C=C(\C)[C@@H]1CCCN(C(=O)/C=C/c2cc(Cl)ccc2-n2cnnn2)[C@@H]1c1nc(-c2cccc(C(=O)O)c2)c[nH]1. The Hall–Kier alpha value is -4.83. The molecule has 1 fully saturated rings. The molecule has 3 heterocycles. The van der Waals surface area contributed by atoms with Crippen molar-refractivity contribution in [1.82, 2.24) is 35.1 Å². The molecular weight excluding hydrogens is 542 g/mol. The minimum atomic E-state index is -1.01. The number of aromatic amines is 1. The van der Waals surface area contributed by atoms with Crippen molar-refractivity contribution < 1.29 is 14.7 Å². The van der Waals surface area contributed by atoms with Crippen molar-refractivity contribution >= 4 is 29.6 Å². The van der Waals surface area contributed by atoms with Gasteiger partial charge in [-0.3, -0.25) is 4.79 Å². The van der Waals surface area contributed by atoms with Crippen LogP contribution in [0.3, 0.4) is 0 Å². The molecule has 4 aromatic rings. The predicted molar refractivity (Wildman–Crippen MR) is 155 cm³/mol. The summed E-state index contributed by atoms with van der Waals surface area (Å²) in [5.41, 5.74) is 3.91. The quantitative estimate of drug-likeness (QED) is 0.211. The molecule has 1 aliphatic rings. The number of likely N-dealkylation sites (tertiary alicyclic amines) is 1. The van der Waals surface area contributed by atoms with Crippen LogP contribution in [0.15, 0.2) is 85.4 Å². The second-order valence-electron chi connectivity index (χ2n) is 9.72. The molecule has 208 valence electrons. The van der Waals surface area contributed by atoms with Crippen LogP contribution >= 0.6 is 11.6 Å². The molecule has 1 amide bonds. The summed E-state index contributed by atoms with van der Waals surface area (Å²) in [5.74, 6) is -0.557. The van der Waals surface area contributed by atoms with Crippen molar-refractivity contribution in [2.45, 2.75) is 25.8 Å². The number of amides is 1. The highest BCUT2D eigenvalue weighted by Gasteiger charge is 2.37. The van der Waals surface area contributed by atoms with E-state index in [0.29, 0.717) is 39.9 Å². The van der Waals surface area contributed by atoms with Gasteiger partial charge in [0.1, 0.15) is 12.2 Å². The van der Waals surface area contributed by atoms with Gasteiger partial charge in [-0.2, -0.15) is 4.68 Å². The van der Waals surface area contributed by atoms with Crippen LogP contribution < -0.4 is 0 Å². The second-order valence-corrected chi connectivity index (χ2v) is 10.2. The van der Waals surface area contributed by atoms with Crippen LogP contribution in [-0.2, 0) is 4.79 Å². The van der Waals surface area contributed by atoms with E-state index in [1.165, 1.54) is 23.2 Å². The molecule has 1 saturated heterocycles. The standard InChI is InChI=1S/C30H28ClN7O3/c1-3-6-19(2)24-9-5-14-37(27(39)13-10-21-16-23(31)11-12-26(21)38-18-33-35-36-38)28(24)29-32-17-25(34-29)20-7-4-8-22(15-20)30(40)41/h3-4,6-8,10-13,15-18,24,28H,1,5,9,14H2,2H3,(H,32,34)(H,40,41)/b13-10+,19-6+/t24-,28-/m0/s1. The molecule has 2 atom stereocenters. The molecule has 5 rings (SSSR count). The molecule has 10 nitrogen and oxygen atoms in total. The molecule has 0 spiro atoms. The fourth-order valence-electron chi connectivity index (χ4n) is 5.21. The first-order valence-corrected chi connectivity index (χ1v) is 13.4. The number of rotatable bonds is 8. The molecule has 0 bridgehead atoms. The first-order valence-electron chi connectivity index (χ1n) is 13.1. The predicted octanol–water partition coefficient (Wildman–Crippen LogP) is 5.53. The van der Waals surface area contributed by atoms with Gasteiger partial charge in [-0.15, -0.1) is 5.10 Å². The topological polar surface area (TPSA) is 130 Å². The molecule has 2 aromatic heterocycles. The van der Waals surface area contributed by atoms with Crippen LogP contribution in [0.2, 0.25) is 5.02 Å². The van der Waals surface area contributed by atoms with E-state index in [9.17, 15) is 14.7 Å². The Morgan fingerprint density at radius 1 is 1.22 bits per heavy atom. The van der Waals surface area contributed by atoms with Crippen molar-refractivity contribution in [1.29, 1.82) is 0 Å². The minimum Gasteiger partial charge on any atom is -0.478 e. The average molecular weight is 570 g/mol. The number of piperidine rings is 1. The average Bonchev–Trinajstić information content (AvgIpc) is 3.69. The van der Waals surface area contributed by atoms with Gasteiger partial charge in [-0.1, -0.05) is 48.0 Å². The molecule has 0 radical (unpaired) electrons. The van der Waals surface area contributed by atoms with Gasteiger partial charge in [0.05, 0.1) is 23.0 Å². The zero-order chi connectivity index (χ0) is 28.9. The Morgan fingerprint density at radius 3 is 2.83 bits per heavy atom. The number of aromatic nitrogens is 6. The first-order chi connectivity index (χ1) is 19.9. The fourth-order valence-corrected chi connectivity index (χ4v) is 5.39. The van der Waals surface area contributed by atoms with Gasteiger partial charge < -0.3 is 15.0 Å². The minimum absolute atomic E-state index is 0.00593. The van der Waals surface area contributed by atoms with Crippen LogP contribution in [0.1, 0.15) is 47.6 Å². The summed E-state index contributed by atoms with van der Waals surface area (Å²) in [6.45, 7) is 6.43. The zero-order valence-electron chi connectivity index (χ0n) is 22.3. The van der Waals surface area contributed by atoms with Gasteiger partial charge >= 0.3 is 5.97 Å². The molecule has 0 aliphatic carbocycles. The first kappa shape index (κ1) is 27.7. The smallest absolute Gasteiger partial charge is 0.335 e. The maximum atomic E-state index is 13.8. The van der Waals surface area contributed by atoms with E-state index in [1.54, 1.807) is 48.7 Å². The third-order valence-corrected chi connectivity index (χ3v) is 7.39. The molecule has 41 heavy (non-hydrogen) atoms. The number of carbonyl (C=O) groups is 2.